The van der Waals surface area contributed by atoms with Crippen molar-refractivity contribution < 1.29 is 4.74 Å². The third-order valence-corrected chi connectivity index (χ3v) is 3.03. The number of anilines is 1. The van der Waals surface area contributed by atoms with Crippen LogP contribution in [0.5, 0.6) is 5.75 Å². The Labute approximate surface area is 117 Å². The first-order valence-corrected chi connectivity index (χ1v) is 6.85. The monoisotopic (exact) mass is 265 g/mol. The number of ether oxygens (including phenoxy) is 1. The van der Waals surface area contributed by atoms with Crippen LogP contribution in [0.25, 0.3) is 0 Å². The van der Waals surface area contributed by atoms with E-state index in [-0.39, 0.29) is 0 Å². The molecule has 4 nitrogen and oxygen atoms in total. The quantitative estimate of drug-likeness (QED) is 0.731. The highest BCUT2D eigenvalue weighted by Gasteiger charge is 2.07. The van der Waals surface area contributed by atoms with E-state index in [1.807, 2.05) is 12.1 Å². The molecular weight excluding hydrogens is 238 g/mol. The van der Waals surface area contributed by atoms with E-state index in [1.165, 1.54) is 5.56 Å². The van der Waals surface area contributed by atoms with Crippen molar-refractivity contribution in [1.29, 1.82) is 0 Å². The van der Waals surface area contributed by atoms with E-state index in [0.29, 0.717) is 0 Å². The van der Waals surface area contributed by atoms with Crippen molar-refractivity contribution in [2.24, 2.45) is 0 Å². The molecule has 0 aromatic heterocycles. The average molecular weight is 265 g/mol. The van der Waals surface area contributed by atoms with Crippen molar-refractivity contribution in [2.45, 2.75) is 19.9 Å². The Morgan fingerprint density at radius 1 is 1.11 bits per heavy atom. The number of likely N-dealkylation sites (N-methyl/N-ethyl adjacent to an activating group) is 1. The molecule has 19 heavy (non-hydrogen) atoms. The molecule has 0 spiro atoms. The second-order valence-electron chi connectivity index (χ2n) is 5.19. The van der Waals surface area contributed by atoms with Gasteiger partial charge in [-0.2, -0.15) is 0 Å². The van der Waals surface area contributed by atoms with Crippen LogP contribution in [0.3, 0.4) is 0 Å². The first-order valence-electron chi connectivity index (χ1n) is 6.85. The molecule has 0 aliphatic carbocycles. The minimum absolute atomic E-state index is 0.762. The minimum atomic E-state index is 0.762. The lowest BCUT2D eigenvalue weighted by Gasteiger charge is -2.24. The van der Waals surface area contributed by atoms with Crippen LogP contribution in [0.2, 0.25) is 0 Å². The van der Waals surface area contributed by atoms with Gasteiger partial charge < -0.3 is 15.4 Å². The number of nitrogen functional groups attached to an aromatic ring is 1. The summed E-state index contributed by atoms with van der Waals surface area (Å²) < 4.78 is 5.27. The highest BCUT2D eigenvalue weighted by molar-refractivity contribution is 5.47. The zero-order valence-corrected chi connectivity index (χ0v) is 12.6. The van der Waals surface area contributed by atoms with Crippen LogP contribution < -0.4 is 10.5 Å². The number of hydrogen-bond acceptors (Lipinski definition) is 4. The van der Waals surface area contributed by atoms with Crippen molar-refractivity contribution in [3.05, 3.63) is 23.8 Å². The Kier molecular flexibility index (Phi) is 6.67. The van der Waals surface area contributed by atoms with Gasteiger partial charge in [0.25, 0.3) is 0 Å². The molecular formula is C15H27N3O. The first-order chi connectivity index (χ1) is 9.05. The molecule has 2 N–H and O–H groups in total. The molecule has 0 saturated carbocycles. The summed E-state index contributed by atoms with van der Waals surface area (Å²) in [5.41, 5.74) is 7.87. The number of benzene rings is 1. The van der Waals surface area contributed by atoms with E-state index in [4.69, 9.17) is 10.5 Å². The van der Waals surface area contributed by atoms with Gasteiger partial charge in [0.1, 0.15) is 5.75 Å². The van der Waals surface area contributed by atoms with E-state index in [9.17, 15) is 0 Å². The number of rotatable bonds is 8. The van der Waals surface area contributed by atoms with Crippen molar-refractivity contribution in [2.75, 3.05) is 46.6 Å². The second-order valence-corrected chi connectivity index (χ2v) is 5.19. The van der Waals surface area contributed by atoms with E-state index in [1.54, 1.807) is 7.11 Å². The lowest BCUT2D eigenvalue weighted by Crippen LogP contribution is -2.32. The Morgan fingerprint density at radius 2 is 1.84 bits per heavy atom. The predicted octanol–water partition coefficient (Wildman–Crippen LogP) is 2.05. The van der Waals surface area contributed by atoms with Crippen LogP contribution in [0, 0.1) is 0 Å². The van der Waals surface area contributed by atoms with Gasteiger partial charge in [0.15, 0.2) is 0 Å². The molecule has 0 amide bonds. The summed E-state index contributed by atoms with van der Waals surface area (Å²) in [5, 5.41) is 0. The molecule has 0 atom stereocenters. The van der Waals surface area contributed by atoms with Gasteiger partial charge >= 0.3 is 0 Å². The molecule has 108 valence electrons. The highest BCUT2D eigenvalue weighted by atomic mass is 16.5. The smallest absolute Gasteiger partial charge is 0.121 e. The summed E-state index contributed by atoms with van der Waals surface area (Å²) in [4.78, 5) is 4.66. The van der Waals surface area contributed by atoms with Gasteiger partial charge in [-0.1, -0.05) is 6.92 Å². The maximum Gasteiger partial charge on any atom is 0.121 e. The number of nitrogens with zero attached hydrogens (tertiary/aromatic N) is 2. The van der Waals surface area contributed by atoms with Gasteiger partial charge in [0, 0.05) is 31.4 Å². The van der Waals surface area contributed by atoms with E-state index >= 15 is 0 Å². The van der Waals surface area contributed by atoms with Gasteiger partial charge in [-0.05, 0) is 44.8 Å². The second kappa shape index (κ2) is 8.02. The minimum Gasteiger partial charge on any atom is -0.497 e. The Balaban J connectivity index is 2.69. The summed E-state index contributed by atoms with van der Waals surface area (Å²) in [5.74, 6) is 0.832. The van der Waals surface area contributed by atoms with Crippen LogP contribution in [0.1, 0.15) is 18.9 Å². The lowest BCUT2D eigenvalue weighted by atomic mass is 10.1. The summed E-state index contributed by atoms with van der Waals surface area (Å²) in [6.07, 6.45) is 1.16. The Morgan fingerprint density at radius 3 is 2.42 bits per heavy atom. The van der Waals surface area contributed by atoms with Gasteiger partial charge in [-0.15, -0.1) is 0 Å². The molecule has 0 heterocycles. The molecule has 0 unspecified atom stereocenters. The standard InChI is InChI=1S/C15H27N3O/c1-5-6-18(8-7-17(2)3)12-13-9-14(16)11-15(10-13)19-4/h9-11H,5-8,12,16H2,1-4H3. The molecule has 1 aromatic rings. The van der Waals surface area contributed by atoms with Crippen molar-refractivity contribution in [1.82, 2.24) is 9.80 Å². The predicted molar refractivity (Wildman–Crippen MR) is 81.5 cm³/mol. The highest BCUT2D eigenvalue weighted by Crippen LogP contribution is 2.19. The Bertz CT molecular complexity index is 380. The first kappa shape index (κ1) is 15.8. The van der Waals surface area contributed by atoms with Crippen molar-refractivity contribution >= 4 is 5.69 Å². The fourth-order valence-corrected chi connectivity index (χ4v) is 2.08. The van der Waals surface area contributed by atoms with Gasteiger partial charge in [0.05, 0.1) is 7.11 Å². The fourth-order valence-electron chi connectivity index (χ4n) is 2.08. The SMILES string of the molecule is CCCN(CCN(C)C)Cc1cc(N)cc(OC)c1. The normalized spacial score (nSPS) is 11.3. The molecule has 0 saturated heterocycles. The van der Waals surface area contributed by atoms with E-state index < -0.39 is 0 Å². The molecule has 1 rings (SSSR count). The van der Waals surface area contributed by atoms with Crippen molar-refractivity contribution in [3.8, 4) is 5.75 Å². The van der Waals surface area contributed by atoms with Crippen LogP contribution in [0.4, 0.5) is 5.69 Å². The van der Waals surface area contributed by atoms with E-state index in [2.05, 4.69) is 36.9 Å². The average Bonchev–Trinajstić information content (AvgIpc) is 2.35. The maximum absolute atomic E-state index is 5.90. The van der Waals surface area contributed by atoms with Crippen LogP contribution >= 0.6 is 0 Å². The molecule has 1 aromatic carbocycles. The third-order valence-electron chi connectivity index (χ3n) is 3.03. The zero-order valence-electron chi connectivity index (χ0n) is 12.6. The van der Waals surface area contributed by atoms with Crippen LogP contribution in [-0.2, 0) is 6.54 Å². The topological polar surface area (TPSA) is 41.7 Å². The molecule has 0 fully saturated rings. The Hall–Kier alpha value is -1.26. The third kappa shape index (κ3) is 5.94. The van der Waals surface area contributed by atoms with Gasteiger partial charge in [0.2, 0.25) is 0 Å². The molecule has 0 aliphatic heterocycles. The maximum atomic E-state index is 5.90. The lowest BCUT2D eigenvalue weighted by molar-refractivity contribution is 0.234. The summed E-state index contributed by atoms with van der Waals surface area (Å²) in [7, 11) is 5.88. The molecule has 4 heteroatoms. The fraction of sp³-hybridized carbons (Fsp3) is 0.600. The van der Waals surface area contributed by atoms with Crippen LogP contribution in [0.15, 0.2) is 18.2 Å². The number of nitrogens with two attached hydrogens (primary N) is 1. The van der Waals surface area contributed by atoms with Crippen LogP contribution in [-0.4, -0.2) is 50.6 Å². The number of methoxy groups -OCH3 is 1. The van der Waals surface area contributed by atoms with Gasteiger partial charge in [-0.25, -0.2) is 0 Å². The van der Waals surface area contributed by atoms with Gasteiger partial charge in [-0.3, -0.25) is 4.90 Å². The molecule has 0 aliphatic rings. The summed E-state index contributed by atoms with van der Waals surface area (Å²) in [6.45, 7) is 6.37. The van der Waals surface area contributed by atoms with Crippen molar-refractivity contribution in [3.63, 3.8) is 0 Å². The number of hydrogen-bond donors (Lipinski definition) is 1. The molecule has 0 bridgehead atoms. The summed E-state index contributed by atoms with van der Waals surface area (Å²) >= 11 is 0. The molecule has 0 radical (unpaired) electrons. The van der Waals surface area contributed by atoms with E-state index in [0.717, 1.165) is 44.0 Å². The zero-order chi connectivity index (χ0) is 14.3. The largest absolute Gasteiger partial charge is 0.497 e. The summed E-state index contributed by atoms with van der Waals surface area (Å²) in [6, 6.07) is 5.95.